The highest BCUT2D eigenvalue weighted by Gasteiger charge is 2.14. The Morgan fingerprint density at radius 2 is 2.24 bits per heavy atom. The van der Waals surface area contributed by atoms with Crippen molar-refractivity contribution in [1.29, 1.82) is 0 Å². The summed E-state index contributed by atoms with van der Waals surface area (Å²) in [5, 5.41) is 1.54. The Morgan fingerprint density at radius 3 is 2.76 bits per heavy atom. The molecule has 0 saturated carbocycles. The van der Waals surface area contributed by atoms with Crippen molar-refractivity contribution in [2.75, 3.05) is 18.4 Å². The molecule has 1 aromatic carbocycles. The Bertz CT molecular complexity index is 400. The second-order valence-electron chi connectivity index (χ2n) is 3.56. The second-order valence-corrected chi connectivity index (χ2v) is 5.92. The molecule has 0 aliphatic heterocycles. The van der Waals surface area contributed by atoms with Crippen LogP contribution >= 0.6 is 50.1 Å². The minimum Gasteiger partial charge on any atom is -0.339 e. The fraction of sp³-hybridized carbons (Fsp3) is 0.417. The molecule has 0 radical (unpaired) electrons. The number of benzene rings is 1. The topological polar surface area (TPSA) is 20.3 Å². The molecule has 0 atom stereocenters. The van der Waals surface area contributed by atoms with Crippen LogP contribution in [0.25, 0.3) is 0 Å². The summed E-state index contributed by atoms with van der Waals surface area (Å²) in [7, 11) is 0. The normalized spacial score (nSPS) is 10.4. The van der Waals surface area contributed by atoms with Gasteiger partial charge in [-0.05, 0) is 54.1 Å². The molecule has 0 heterocycles. The van der Waals surface area contributed by atoms with E-state index in [-0.39, 0.29) is 5.91 Å². The van der Waals surface area contributed by atoms with E-state index >= 15 is 0 Å². The van der Waals surface area contributed by atoms with E-state index in [1.807, 2.05) is 24.0 Å². The number of rotatable bonds is 5. The third-order valence-corrected chi connectivity index (χ3v) is 4.53. The van der Waals surface area contributed by atoms with Gasteiger partial charge in [0.2, 0.25) is 0 Å². The van der Waals surface area contributed by atoms with Crippen LogP contribution < -0.4 is 0 Å². The molecule has 1 aromatic rings. The van der Waals surface area contributed by atoms with Crippen molar-refractivity contribution in [1.82, 2.24) is 4.90 Å². The summed E-state index contributed by atoms with van der Waals surface area (Å²) < 4.78 is 0.962. The Labute approximate surface area is 129 Å². The maximum atomic E-state index is 12.2. The summed E-state index contributed by atoms with van der Waals surface area (Å²) in [4.78, 5) is 14.0. The van der Waals surface area contributed by atoms with Gasteiger partial charge in [0, 0.05) is 27.6 Å². The van der Waals surface area contributed by atoms with E-state index in [4.69, 9.17) is 11.6 Å². The van der Waals surface area contributed by atoms with Crippen LogP contribution in [0.4, 0.5) is 0 Å². The zero-order valence-electron chi connectivity index (χ0n) is 9.55. The molecule has 0 fully saturated rings. The molecule has 1 amide bonds. The van der Waals surface area contributed by atoms with Gasteiger partial charge in [0.05, 0.1) is 5.02 Å². The molecule has 0 spiro atoms. The molecule has 0 aliphatic carbocycles. The van der Waals surface area contributed by atoms with Gasteiger partial charge in [0.15, 0.2) is 0 Å². The van der Waals surface area contributed by atoms with E-state index in [0.717, 1.165) is 28.4 Å². The van der Waals surface area contributed by atoms with Crippen molar-refractivity contribution in [2.45, 2.75) is 13.3 Å². The number of hydrogen-bond acceptors (Lipinski definition) is 1. The molecule has 5 heteroatoms. The first kappa shape index (κ1) is 15.2. The summed E-state index contributed by atoms with van der Waals surface area (Å²) in [6.07, 6.45) is 0.956. The van der Waals surface area contributed by atoms with Gasteiger partial charge in [-0.1, -0.05) is 27.5 Å². The number of carbonyl (C=O) groups is 1. The van der Waals surface area contributed by atoms with Gasteiger partial charge >= 0.3 is 0 Å². The molecule has 0 unspecified atom stereocenters. The molecule has 1 rings (SSSR count). The molecule has 17 heavy (non-hydrogen) atoms. The van der Waals surface area contributed by atoms with Gasteiger partial charge in [0.25, 0.3) is 5.91 Å². The highest BCUT2D eigenvalue weighted by atomic mass is 127. The van der Waals surface area contributed by atoms with Gasteiger partial charge in [-0.25, -0.2) is 0 Å². The van der Waals surface area contributed by atoms with Crippen LogP contribution in [-0.2, 0) is 0 Å². The average Bonchev–Trinajstić information content (AvgIpc) is 2.33. The van der Waals surface area contributed by atoms with Gasteiger partial charge in [-0.2, -0.15) is 0 Å². The van der Waals surface area contributed by atoms with Crippen molar-refractivity contribution in [3.05, 3.63) is 32.4 Å². The lowest BCUT2D eigenvalue weighted by Gasteiger charge is -2.20. The van der Waals surface area contributed by atoms with E-state index < -0.39 is 0 Å². The highest BCUT2D eigenvalue weighted by molar-refractivity contribution is 14.1. The van der Waals surface area contributed by atoms with Crippen molar-refractivity contribution >= 4 is 56.0 Å². The lowest BCUT2D eigenvalue weighted by atomic mass is 10.2. The Balaban J connectivity index is 2.82. The van der Waals surface area contributed by atoms with Gasteiger partial charge < -0.3 is 4.90 Å². The van der Waals surface area contributed by atoms with Crippen molar-refractivity contribution in [3.63, 3.8) is 0 Å². The summed E-state index contributed by atoms with van der Waals surface area (Å²) in [5.41, 5.74) is 0.659. The highest BCUT2D eigenvalue weighted by Crippen LogP contribution is 2.20. The molecule has 2 nitrogen and oxygen atoms in total. The number of carbonyl (C=O) groups excluding carboxylic acids is 1. The Morgan fingerprint density at radius 1 is 1.53 bits per heavy atom. The quantitative estimate of drug-likeness (QED) is 0.507. The minimum absolute atomic E-state index is 0.0479. The third kappa shape index (κ3) is 4.41. The summed E-state index contributed by atoms with van der Waals surface area (Å²) >= 11 is 11.5. The second kappa shape index (κ2) is 7.59. The SMILES string of the molecule is CCN(CCCBr)C(=O)c1ccc(I)c(Cl)c1. The first-order valence-electron chi connectivity index (χ1n) is 5.40. The van der Waals surface area contributed by atoms with Gasteiger partial charge in [0.1, 0.15) is 0 Å². The molecule has 0 aromatic heterocycles. The van der Waals surface area contributed by atoms with Crippen LogP contribution in [0.1, 0.15) is 23.7 Å². The number of hydrogen-bond donors (Lipinski definition) is 0. The van der Waals surface area contributed by atoms with Crippen molar-refractivity contribution < 1.29 is 4.79 Å². The lowest BCUT2D eigenvalue weighted by molar-refractivity contribution is 0.0765. The summed E-state index contributed by atoms with van der Waals surface area (Å²) in [5.74, 6) is 0.0479. The summed E-state index contributed by atoms with van der Waals surface area (Å²) in [6, 6.07) is 5.43. The zero-order valence-corrected chi connectivity index (χ0v) is 14.0. The first-order valence-corrected chi connectivity index (χ1v) is 7.98. The van der Waals surface area contributed by atoms with Gasteiger partial charge in [-0.15, -0.1) is 0 Å². The van der Waals surface area contributed by atoms with E-state index in [1.165, 1.54) is 0 Å². The Kier molecular flexibility index (Phi) is 6.80. The summed E-state index contributed by atoms with van der Waals surface area (Å²) in [6.45, 7) is 3.47. The largest absolute Gasteiger partial charge is 0.339 e. The molecule has 0 saturated heterocycles. The number of alkyl halides is 1. The zero-order chi connectivity index (χ0) is 12.8. The van der Waals surface area contributed by atoms with E-state index in [2.05, 4.69) is 38.5 Å². The number of halogens is 3. The van der Waals surface area contributed by atoms with E-state index in [1.54, 1.807) is 6.07 Å². The van der Waals surface area contributed by atoms with Gasteiger partial charge in [-0.3, -0.25) is 4.79 Å². The van der Waals surface area contributed by atoms with Crippen molar-refractivity contribution in [2.24, 2.45) is 0 Å². The average molecular weight is 431 g/mol. The van der Waals surface area contributed by atoms with Crippen molar-refractivity contribution in [3.8, 4) is 0 Å². The van der Waals surface area contributed by atoms with Crippen LogP contribution in [0.3, 0.4) is 0 Å². The van der Waals surface area contributed by atoms with Crippen LogP contribution in [0.2, 0.25) is 5.02 Å². The first-order chi connectivity index (χ1) is 8.10. The molecule has 0 bridgehead atoms. The standard InChI is InChI=1S/C12H14BrClINO/c1-2-16(7-3-6-13)12(17)9-4-5-11(15)10(14)8-9/h4-5,8H,2-3,6-7H2,1H3. The molecule has 0 N–H and O–H groups in total. The van der Waals surface area contributed by atoms with E-state index in [0.29, 0.717) is 10.6 Å². The number of amides is 1. The maximum absolute atomic E-state index is 12.2. The van der Waals surface area contributed by atoms with E-state index in [9.17, 15) is 4.79 Å². The fourth-order valence-corrected chi connectivity index (χ4v) is 2.23. The molecular weight excluding hydrogens is 416 g/mol. The number of nitrogens with zero attached hydrogens (tertiary/aromatic N) is 1. The fourth-order valence-electron chi connectivity index (χ4n) is 1.47. The molecule has 0 aliphatic rings. The Hall–Kier alpha value is 0.190. The smallest absolute Gasteiger partial charge is 0.253 e. The molecular formula is C12H14BrClINO. The molecule has 94 valence electrons. The maximum Gasteiger partial charge on any atom is 0.253 e. The van der Waals surface area contributed by atoms with Crippen LogP contribution in [0.15, 0.2) is 18.2 Å². The third-order valence-electron chi connectivity index (χ3n) is 2.40. The van der Waals surface area contributed by atoms with Crippen LogP contribution in [-0.4, -0.2) is 29.2 Å². The van der Waals surface area contributed by atoms with Crippen LogP contribution in [0.5, 0.6) is 0 Å². The lowest BCUT2D eigenvalue weighted by Crippen LogP contribution is -2.32. The monoisotopic (exact) mass is 429 g/mol. The predicted octanol–water partition coefficient (Wildman–Crippen LogP) is 4.19. The van der Waals surface area contributed by atoms with Crippen LogP contribution in [0, 0.1) is 3.57 Å². The predicted molar refractivity (Wildman–Crippen MR) is 84.2 cm³/mol. The minimum atomic E-state index is 0.0479.